The molecule has 6 heteroatoms. The van der Waals surface area contributed by atoms with Crippen LogP contribution in [0, 0.1) is 19.8 Å². The Kier molecular flexibility index (Phi) is 4.92. The van der Waals surface area contributed by atoms with Crippen molar-refractivity contribution in [1.82, 2.24) is 9.78 Å². The zero-order valence-electron chi connectivity index (χ0n) is 19.6. The van der Waals surface area contributed by atoms with Crippen molar-refractivity contribution in [3.8, 4) is 5.69 Å². The molecule has 2 aliphatic rings. The van der Waals surface area contributed by atoms with Crippen molar-refractivity contribution in [3.63, 3.8) is 0 Å². The molecule has 1 aliphatic heterocycles. The first-order valence-electron chi connectivity index (χ1n) is 11.4. The lowest BCUT2D eigenvalue weighted by molar-refractivity contribution is -0.543. The van der Waals surface area contributed by atoms with Crippen molar-refractivity contribution in [3.05, 3.63) is 93.0 Å². The average Bonchev–Trinajstić information content (AvgIpc) is 3.18. The van der Waals surface area contributed by atoms with Gasteiger partial charge in [-0.25, -0.2) is 4.68 Å². The fraction of sp³-hybridized carbons (Fsp3) is 0.370. The molecule has 1 aromatic heterocycles. The van der Waals surface area contributed by atoms with Gasteiger partial charge in [-0.05, 0) is 49.4 Å². The molecule has 6 nitrogen and oxygen atoms in total. The van der Waals surface area contributed by atoms with E-state index in [9.17, 15) is 15.0 Å². The number of aromatic amines is 1. The molecule has 0 bridgehead atoms. The maximum Gasteiger partial charge on any atom is 0.274 e. The van der Waals surface area contributed by atoms with E-state index >= 15 is 0 Å². The summed E-state index contributed by atoms with van der Waals surface area (Å²) in [6.45, 7) is 7.98. The largest absolute Gasteiger partial charge is 0.851 e. The lowest BCUT2D eigenvalue weighted by atomic mass is 9.65. The van der Waals surface area contributed by atoms with Crippen LogP contribution < -0.4 is 20.7 Å². The lowest BCUT2D eigenvalue weighted by Gasteiger charge is -2.60. The second kappa shape index (κ2) is 7.47. The fourth-order valence-electron chi connectivity index (χ4n) is 5.54. The molecular weight excluding hydrogens is 414 g/mol. The Labute approximate surface area is 193 Å². The summed E-state index contributed by atoms with van der Waals surface area (Å²) in [5.41, 5.74) is 5.34. The highest BCUT2D eigenvalue weighted by Gasteiger charge is 2.43. The molecule has 2 heterocycles. The number of nitrogens with one attached hydrogen (secondary N) is 1. The summed E-state index contributed by atoms with van der Waals surface area (Å²) in [5.74, 6) is -1.51. The maximum atomic E-state index is 13.3. The minimum Gasteiger partial charge on any atom is -0.851 e. The van der Waals surface area contributed by atoms with Gasteiger partial charge in [0.1, 0.15) is 0 Å². The zero-order valence-corrected chi connectivity index (χ0v) is 19.6. The van der Waals surface area contributed by atoms with Crippen molar-refractivity contribution in [2.45, 2.75) is 51.2 Å². The van der Waals surface area contributed by atoms with Gasteiger partial charge in [-0.2, -0.15) is 0 Å². The molecule has 0 saturated heterocycles. The van der Waals surface area contributed by atoms with E-state index in [2.05, 4.69) is 36.0 Å². The molecule has 0 radical (unpaired) electrons. The minimum absolute atomic E-state index is 0.294. The Balaban J connectivity index is 1.46. The number of hydrogen-bond acceptors (Lipinski definition) is 4. The van der Waals surface area contributed by atoms with Gasteiger partial charge in [0.05, 0.1) is 5.69 Å². The van der Waals surface area contributed by atoms with Gasteiger partial charge in [0.25, 0.3) is 5.56 Å². The number of aromatic nitrogens is 2. The predicted molar refractivity (Wildman–Crippen MR) is 126 cm³/mol. The monoisotopic (exact) mass is 443 g/mol. The van der Waals surface area contributed by atoms with Crippen LogP contribution in [0.1, 0.15) is 42.1 Å². The Morgan fingerprint density at radius 3 is 2.27 bits per heavy atom. The normalized spacial score (nSPS) is 27.0. The number of allylic oxidation sites excluding steroid dienone is 1. The van der Waals surface area contributed by atoms with Gasteiger partial charge in [0, 0.05) is 35.1 Å². The third kappa shape index (κ3) is 3.12. The molecule has 1 fully saturated rings. The van der Waals surface area contributed by atoms with E-state index < -0.39 is 24.0 Å². The van der Waals surface area contributed by atoms with Crippen LogP contribution in [0.3, 0.4) is 0 Å². The minimum atomic E-state index is -1.15. The van der Waals surface area contributed by atoms with Crippen molar-refractivity contribution in [2.75, 3.05) is 11.9 Å². The molecule has 1 N–H and O–H groups in total. The van der Waals surface area contributed by atoms with Gasteiger partial charge in [-0.1, -0.05) is 55.8 Å². The van der Waals surface area contributed by atoms with Gasteiger partial charge in [0.2, 0.25) is 0 Å². The van der Waals surface area contributed by atoms with E-state index in [4.69, 9.17) is 0 Å². The number of anilines is 1. The van der Waals surface area contributed by atoms with Gasteiger partial charge < -0.3 is 15.1 Å². The van der Waals surface area contributed by atoms with Gasteiger partial charge in [-0.15, -0.1) is 12.2 Å². The number of para-hydroxylation sites is 1. The highest BCUT2D eigenvalue weighted by molar-refractivity contribution is 5.69. The first-order valence-corrected chi connectivity index (χ1v) is 11.4. The number of nitrogens with zero attached hydrogens (tertiary/aromatic N) is 2. The predicted octanol–water partition coefficient (Wildman–Crippen LogP) is 2.27. The van der Waals surface area contributed by atoms with Crippen LogP contribution in [0.5, 0.6) is 0 Å². The maximum absolute atomic E-state index is 13.3. The molecular formula is C27H29N3O3-2. The van der Waals surface area contributed by atoms with E-state index in [1.807, 2.05) is 56.4 Å². The third-order valence-electron chi connectivity index (χ3n) is 7.50. The van der Waals surface area contributed by atoms with Crippen LogP contribution in [0.15, 0.2) is 65.1 Å². The smallest absolute Gasteiger partial charge is 0.274 e. The summed E-state index contributed by atoms with van der Waals surface area (Å²) in [7, 11) is 1.98. The molecule has 2 aromatic carbocycles. The molecule has 172 valence electrons. The highest BCUT2D eigenvalue weighted by atomic mass is 16.3. The number of H-pyrrole nitrogens is 1. The third-order valence-corrected chi connectivity index (χ3v) is 7.50. The summed E-state index contributed by atoms with van der Waals surface area (Å²) in [6, 6.07) is 15.7. The Morgan fingerprint density at radius 2 is 1.64 bits per heavy atom. The van der Waals surface area contributed by atoms with Crippen LogP contribution in [0.4, 0.5) is 5.69 Å². The average molecular weight is 444 g/mol. The van der Waals surface area contributed by atoms with E-state index in [-0.39, 0.29) is 11.0 Å². The van der Waals surface area contributed by atoms with Crippen LogP contribution in [-0.2, 0) is 5.41 Å². The topological polar surface area (TPSA) is 87.2 Å². The number of benzene rings is 2. The Hall–Kier alpha value is -3.09. The van der Waals surface area contributed by atoms with Crippen LogP contribution in [0.2, 0.25) is 0 Å². The fourth-order valence-corrected chi connectivity index (χ4v) is 5.54. The molecule has 1 aliphatic carbocycles. The van der Waals surface area contributed by atoms with Crippen molar-refractivity contribution < 1.29 is 10.2 Å². The molecule has 0 amide bonds. The molecule has 5 rings (SSSR count). The SMILES string of the molecule is Cc1ccc(-n2[nH]c(C)c(C3C([O-])C(/C=C4/N(C)c5ccccc5C4(C)C)C3[O-])c2=O)cc1. The lowest BCUT2D eigenvalue weighted by Crippen LogP contribution is -2.65. The van der Waals surface area contributed by atoms with Gasteiger partial charge >= 0.3 is 0 Å². The Morgan fingerprint density at radius 1 is 1.00 bits per heavy atom. The summed E-state index contributed by atoms with van der Waals surface area (Å²) in [6.07, 6.45) is -0.435. The van der Waals surface area contributed by atoms with E-state index in [0.29, 0.717) is 16.9 Å². The highest BCUT2D eigenvalue weighted by Crippen LogP contribution is 2.49. The zero-order chi connectivity index (χ0) is 23.7. The number of hydrogen-bond donors (Lipinski definition) is 1. The molecule has 1 saturated carbocycles. The van der Waals surface area contributed by atoms with Crippen LogP contribution in [-0.4, -0.2) is 29.0 Å². The second-order valence-corrected chi connectivity index (χ2v) is 9.91. The Bertz CT molecular complexity index is 1290. The first kappa shape index (κ1) is 21.7. The summed E-state index contributed by atoms with van der Waals surface area (Å²) >= 11 is 0. The first-order chi connectivity index (χ1) is 15.6. The summed E-state index contributed by atoms with van der Waals surface area (Å²) < 4.78 is 1.43. The van der Waals surface area contributed by atoms with Crippen molar-refractivity contribution in [1.29, 1.82) is 0 Å². The molecule has 2 unspecified atom stereocenters. The number of fused-ring (bicyclic) bond motifs is 1. The molecule has 3 aromatic rings. The number of aryl methyl sites for hydroxylation is 2. The van der Waals surface area contributed by atoms with Gasteiger partial charge in [-0.3, -0.25) is 9.89 Å². The van der Waals surface area contributed by atoms with E-state index in [1.165, 1.54) is 10.2 Å². The quantitative estimate of drug-likeness (QED) is 0.673. The van der Waals surface area contributed by atoms with Gasteiger partial charge in [0.15, 0.2) is 0 Å². The van der Waals surface area contributed by atoms with E-state index in [0.717, 1.165) is 16.9 Å². The van der Waals surface area contributed by atoms with Crippen molar-refractivity contribution >= 4 is 5.69 Å². The summed E-state index contributed by atoms with van der Waals surface area (Å²) in [4.78, 5) is 15.3. The van der Waals surface area contributed by atoms with E-state index in [1.54, 1.807) is 6.92 Å². The molecule has 2 atom stereocenters. The van der Waals surface area contributed by atoms with Crippen LogP contribution in [0.25, 0.3) is 5.69 Å². The number of likely N-dealkylation sites (N-methyl/N-ethyl adjacent to an activating group) is 1. The number of rotatable bonds is 3. The van der Waals surface area contributed by atoms with Crippen LogP contribution >= 0.6 is 0 Å². The summed E-state index contributed by atoms with van der Waals surface area (Å²) in [5, 5.41) is 29.7. The molecule has 0 spiro atoms. The standard InChI is InChI=1S/C27H29N3O3/c1-15-10-12-17(13-11-15)30-26(33)22(16(2)28-30)23-24(31)18(25(23)32)14-21-27(3,4)19-8-6-7-9-20(19)29(21)5/h6-14,18,23-25,28H,1-5H3/q-2/b21-14+. The molecule has 33 heavy (non-hydrogen) atoms. The van der Waals surface area contributed by atoms with Crippen molar-refractivity contribution in [2.24, 2.45) is 5.92 Å². The second-order valence-electron chi connectivity index (χ2n) is 9.91.